The van der Waals surface area contributed by atoms with Crippen molar-refractivity contribution in [2.45, 2.75) is 12.2 Å². The first-order chi connectivity index (χ1) is 8.88. The van der Waals surface area contributed by atoms with Crippen LogP contribution in [0.4, 0.5) is 5.69 Å². The summed E-state index contributed by atoms with van der Waals surface area (Å²) in [4.78, 5) is 10.3. The fourth-order valence-electron chi connectivity index (χ4n) is 1.54. The summed E-state index contributed by atoms with van der Waals surface area (Å²) in [5.74, 6) is -0.358. The number of sulfonamides is 1. The fourth-order valence-corrected chi connectivity index (χ4v) is 3.05. The van der Waals surface area contributed by atoms with Crippen molar-refractivity contribution in [2.75, 3.05) is 18.9 Å². The third-order valence-electron chi connectivity index (χ3n) is 2.61. The average Bonchev–Trinajstić information content (AvgIpc) is 2.35. The molecule has 0 N–H and O–H groups in total. The van der Waals surface area contributed by atoms with Crippen LogP contribution >= 0.6 is 15.9 Å². The van der Waals surface area contributed by atoms with E-state index in [-0.39, 0.29) is 17.0 Å². The highest BCUT2D eigenvalue weighted by molar-refractivity contribution is 9.09. The van der Waals surface area contributed by atoms with Crippen LogP contribution in [0.2, 0.25) is 0 Å². The lowest BCUT2D eigenvalue weighted by atomic mass is 10.2. The van der Waals surface area contributed by atoms with E-state index in [1.54, 1.807) is 6.07 Å². The molecular weight excluding hydrogens is 336 g/mol. The van der Waals surface area contributed by atoms with Gasteiger partial charge in [-0.25, -0.2) is 12.7 Å². The molecule has 0 amide bonds. The number of alkyl halides is 1. The molecule has 0 saturated heterocycles. The molecule has 0 atom stereocenters. The molecule has 106 valence electrons. The van der Waals surface area contributed by atoms with Gasteiger partial charge >= 0.3 is 0 Å². The third kappa shape index (κ3) is 4.55. The zero-order valence-electron chi connectivity index (χ0n) is 10.5. The first-order valence-corrected chi connectivity index (χ1v) is 8.34. The number of para-hydroxylation sites is 1. The van der Waals surface area contributed by atoms with E-state index in [0.717, 1.165) is 0 Å². The Balaban J connectivity index is 2.92. The summed E-state index contributed by atoms with van der Waals surface area (Å²) in [6.45, 7) is 0.383. The largest absolute Gasteiger partial charge is 0.273 e. The second-order valence-electron chi connectivity index (χ2n) is 4.01. The zero-order chi connectivity index (χ0) is 14.5. The summed E-state index contributed by atoms with van der Waals surface area (Å²) in [6, 6.07) is 5.89. The molecule has 0 saturated carbocycles. The molecule has 0 aliphatic rings. The van der Waals surface area contributed by atoms with Gasteiger partial charge in [0.05, 0.1) is 10.7 Å². The van der Waals surface area contributed by atoms with Gasteiger partial charge in [0.1, 0.15) is 0 Å². The van der Waals surface area contributed by atoms with Crippen LogP contribution < -0.4 is 0 Å². The minimum Gasteiger partial charge on any atom is -0.258 e. The molecule has 0 unspecified atom stereocenters. The van der Waals surface area contributed by atoms with E-state index < -0.39 is 14.9 Å². The van der Waals surface area contributed by atoms with Gasteiger partial charge in [-0.2, -0.15) is 0 Å². The second-order valence-corrected chi connectivity index (χ2v) is 6.87. The maximum Gasteiger partial charge on any atom is 0.273 e. The van der Waals surface area contributed by atoms with Gasteiger partial charge in [0.25, 0.3) is 5.69 Å². The molecule has 0 heterocycles. The highest BCUT2D eigenvalue weighted by atomic mass is 79.9. The summed E-state index contributed by atoms with van der Waals surface area (Å²) >= 11 is 3.23. The predicted octanol–water partition coefficient (Wildman–Crippen LogP) is 2.14. The van der Waals surface area contributed by atoms with Gasteiger partial charge in [0.2, 0.25) is 10.0 Å². The van der Waals surface area contributed by atoms with Gasteiger partial charge in [0, 0.05) is 30.6 Å². The molecular formula is C11H15BrN2O4S. The summed E-state index contributed by atoms with van der Waals surface area (Å²) < 4.78 is 25.4. The van der Waals surface area contributed by atoms with Crippen LogP contribution in [0.1, 0.15) is 12.0 Å². The molecule has 8 heteroatoms. The minimum absolute atomic E-state index is 0.167. The number of rotatable bonds is 7. The number of hydrogen-bond donors (Lipinski definition) is 0. The Labute approximate surface area is 120 Å². The molecule has 1 rings (SSSR count). The molecule has 0 bridgehead atoms. The van der Waals surface area contributed by atoms with Crippen molar-refractivity contribution in [1.82, 2.24) is 4.31 Å². The summed E-state index contributed by atoms with van der Waals surface area (Å²) in [5, 5.41) is 11.5. The van der Waals surface area contributed by atoms with Crippen LogP contribution in [-0.2, 0) is 15.8 Å². The predicted molar refractivity (Wildman–Crippen MR) is 76.8 cm³/mol. The highest BCUT2D eigenvalue weighted by Gasteiger charge is 2.23. The van der Waals surface area contributed by atoms with Crippen LogP contribution in [0, 0.1) is 10.1 Å². The Bertz CT molecular complexity index is 547. The molecule has 0 spiro atoms. The summed E-state index contributed by atoms with van der Waals surface area (Å²) in [6.07, 6.45) is 0.687. The molecule has 0 radical (unpaired) electrons. The maximum atomic E-state index is 12.1. The fraction of sp³-hybridized carbons (Fsp3) is 0.455. The van der Waals surface area contributed by atoms with Gasteiger partial charge in [0.15, 0.2) is 0 Å². The Kier molecular flexibility index (Phi) is 5.89. The lowest BCUT2D eigenvalue weighted by molar-refractivity contribution is -0.385. The quantitative estimate of drug-likeness (QED) is 0.428. The van der Waals surface area contributed by atoms with Gasteiger partial charge in [-0.3, -0.25) is 10.1 Å². The standard InChI is InChI=1S/C11H15BrN2O4S/c1-13(8-4-7-12)19(17,18)9-10-5-2-3-6-11(10)14(15)16/h2-3,5-6H,4,7-9H2,1H3. The van der Waals surface area contributed by atoms with Crippen LogP contribution in [0.25, 0.3) is 0 Å². The van der Waals surface area contributed by atoms with Gasteiger partial charge in [-0.05, 0) is 6.42 Å². The summed E-state index contributed by atoms with van der Waals surface area (Å²) in [7, 11) is -2.05. The first-order valence-electron chi connectivity index (χ1n) is 5.60. The van der Waals surface area contributed by atoms with Gasteiger partial charge in [-0.1, -0.05) is 34.1 Å². The number of nitrogens with zero attached hydrogens (tertiary/aromatic N) is 2. The SMILES string of the molecule is CN(CCCBr)S(=O)(=O)Cc1ccccc1[N+](=O)[O-]. The number of halogens is 1. The van der Waals surface area contributed by atoms with Crippen LogP contribution in [-0.4, -0.2) is 36.6 Å². The number of nitro groups is 1. The van der Waals surface area contributed by atoms with E-state index >= 15 is 0 Å². The first kappa shape index (κ1) is 16.1. The van der Waals surface area contributed by atoms with E-state index in [0.29, 0.717) is 18.3 Å². The number of nitro benzene ring substituents is 1. The van der Waals surface area contributed by atoms with Crippen molar-refractivity contribution < 1.29 is 13.3 Å². The van der Waals surface area contributed by atoms with E-state index in [2.05, 4.69) is 15.9 Å². The lowest BCUT2D eigenvalue weighted by Crippen LogP contribution is -2.29. The molecule has 0 aromatic heterocycles. The minimum atomic E-state index is -3.53. The Morgan fingerprint density at radius 3 is 2.58 bits per heavy atom. The van der Waals surface area contributed by atoms with Crippen molar-refractivity contribution in [2.24, 2.45) is 0 Å². The maximum absolute atomic E-state index is 12.1. The topological polar surface area (TPSA) is 80.5 Å². The normalized spacial score (nSPS) is 11.7. The highest BCUT2D eigenvalue weighted by Crippen LogP contribution is 2.21. The molecule has 0 aliphatic carbocycles. The van der Waals surface area contributed by atoms with Crippen molar-refractivity contribution in [1.29, 1.82) is 0 Å². The van der Waals surface area contributed by atoms with E-state index in [4.69, 9.17) is 0 Å². The van der Waals surface area contributed by atoms with E-state index in [1.807, 2.05) is 0 Å². The molecule has 19 heavy (non-hydrogen) atoms. The van der Waals surface area contributed by atoms with Gasteiger partial charge in [-0.15, -0.1) is 0 Å². The van der Waals surface area contributed by atoms with E-state index in [1.165, 1.54) is 29.6 Å². The Morgan fingerprint density at radius 1 is 1.37 bits per heavy atom. The van der Waals surface area contributed by atoms with Crippen LogP contribution in [0.3, 0.4) is 0 Å². The second kappa shape index (κ2) is 6.97. The average molecular weight is 351 g/mol. The van der Waals surface area contributed by atoms with Crippen molar-refractivity contribution in [3.05, 3.63) is 39.9 Å². The number of hydrogen-bond acceptors (Lipinski definition) is 4. The van der Waals surface area contributed by atoms with Crippen molar-refractivity contribution in [3.8, 4) is 0 Å². The van der Waals surface area contributed by atoms with Crippen molar-refractivity contribution >= 4 is 31.6 Å². The molecule has 6 nitrogen and oxygen atoms in total. The van der Waals surface area contributed by atoms with Gasteiger partial charge < -0.3 is 0 Å². The monoisotopic (exact) mass is 350 g/mol. The Hall–Kier alpha value is -0.990. The summed E-state index contributed by atoms with van der Waals surface area (Å²) in [5.41, 5.74) is 0.0400. The lowest BCUT2D eigenvalue weighted by Gasteiger charge is -2.16. The van der Waals surface area contributed by atoms with Crippen molar-refractivity contribution in [3.63, 3.8) is 0 Å². The zero-order valence-corrected chi connectivity index (χ0v) is 12.9. The van der Waals surface area contributed by atoms with Crippen LogP contribution in [0.5, 0.6) is 0 Å². The number of benzene rings is 1. The third-order valence-corrected chi connectivity index (χ3v) is 4.98. The molecule has 0 aliphatic heterocycles. The smallest absolute Gasteiger partial charge is 0.258 e. The van der Waals surface area contributed by atoms with E-state index in [9.17, 15) is 18.5 Å². The molecule has 1 aromatic rings. The molecule has 0 fully saturated rings. The van der Waals surface area contributed by atoms with Crippen LogP contribution in [0.15, 0.2) is 24.3 Å². The Morgan fingerprint density at radius 2 is 2.00 bits per heavy atom. The molecule has 1 aromatic carbocycles.